The maximum absolute atomic E-state index is 12.7. The molecule has 0 spiro atoms. The smallest absolute Gasteiger partial charge is 0.264 e. The normalized spacial score (nSPS) is 12.0. The molecule has 1 nitrogen and oxygen atoms in total. The Morgan fingerprint density at radius 2 is 2.25 bits per heavy atom. The Balaban J connectivity index is 2.70. The average molecular weight is 212 g/mol. The molecule has 0 aliphatic carbocycles. The maximum atomic E-state index is 12.7. The van der Waals surface area contributed by atoms with Gasteiger partial charge in [0.05, 0.1) is 11.6 Å². The molecule has 0 aliphatic heterocycles. The van der Waals surface area contributed by atoms with Gasteiger partial charge in [-0.1, -0.05) is 11.6 Å². The number of halogens is 3. The number of hydrogen-bond acceptors (Lipinski definition) is 2. The molecule has 1 aromatic rings. The second kappa shape index (κ2) is 3.68. The standard InChI is InChI=1S/C7H8ClF2NS/c8-5-1-2-12-6(5)3-7(9,10)4-11/h1-2H,3-4,11H2. The van der Waals surface area contributed by atoms with E-state index in [4.69, 9.17) is 17.3 Å². The third-order valence-electron chi connectivity index (χ3n) is 1.41. The van der Waals surface area contributed by atoms with Crippen molar-refractivity contribution in [3.63, 3.8) is 0 Å². The summed E-state index contributed by atoms with van der Waals surface area (Å²) in [5.74, 6) is -2.84. The summed E-state index contributed by atoms with van der Waals surface area (Å²) >= 11 is 6.86. The monoisotopic (exact) mass is 211 g/mol. The van der Waals surface area contributed by atoms with Crippen molar-refractivity contribution in [3.8, 4) is 0 Å². The van der Waals surface area contributed by atoms with E-state index in [0.29, 0.717) is 9.90 Å². The van der Waals surface area contributed by atoms with Crippen molar-refractivity contribution in [2.75, 3.05) is 6.54 Å². The van der Waals surface area contributed by atoms with Crippen LogP contribution in [-0.2, 0) is 6.42 Å². The SMILES string of the molecule is NCC(F)(F)Cc1sccc1Cl. The Labute approximate surface area is 78.1 Å². The van der Waals surface area contributed by atoms with Crippen molar-refractivity contribution in [1.82, 2.24) is 0 Å². The Morgan fingerprint density at radius 1 is 1.58 bits per heavy atom. The first-order valence-electron chi connectivity index (χ1n) is 3.35. The van der Waals surface area contributed by atoms with Gasteiger partial charge < -0.3 is 5.73 Å². The van der Waals surface area contributed by atoms with Crippen LogP contribution >= 0.6 is 22.9 Å². The van der Waals surface area contributed by atoms with Gasteiger partial charge in [0, 0.05) is 11.3 Å². The van der Waals surface area contributed by atoms with Gasteiger partial charge in [0.15, 0.2) is 0 Å². The lowest BCUT2D eigenvalue weighted by molar-refractivity contribution is 0.0123. The molecule has 1 aromatic heterocycles. The number of nitrogens with two attached hydrogens (primary N) is 1. The zero-order valence-corrected chi connectivity index (χ0v) is 7.76. The molecular weight excluding hydrogens is 204 g/mol. The van der Waals surface area contributed by atoms with Crippen LogP contribution in [0, 0.1) is 0 Å². The lowest BCUT2D eigenvalue weighted by Gasteiger charge is -2.12. The minimum atomic E-state index is -2.84. The number of thiophene rings is 1. The molecule has 0 radical (unpaired) electrons. The summed E-state index contributed by atoms with van der Waals surface area (Å²) in [6, 6.07) is 1.61. The van der Waals surface area contributed by atoms with Gasteiger partial charge in [0.2, 0.25) is 0 Å². The van der Waals surface area contributed by atoms with Crippen LogP contribution in [-0.4, -0.2) is 12.5 Å². The fourth-order valence-corrected chi connectivity index (χ4v) is 1.94. The van der Waals surface area contributed by atoms with E-state index in [1.165, 1.54) is 11.3 Å². The second-order valence-electron chi connectivity index (χ2n) is 2.43. The Morgan fingerprint density at radius 3 is 2.67 bits per heavy atom. The third-order valence-corrected chi connectivity index (χ3v) is 2.80. The van der Waals surface area contributed by atoms with Crippen molar-refractivity contribution in [2.45, 2.75) is 12.3 Å². The minimum Gasteiger partial charge on any atom is -0.325 e. The van der Waals surface area contributed by atoms with Crippen LogP contribution in [0.5, 0.6) is 0 Å². The van der Waals surface area contributed by atoms with Crippen LogP contribution in [0.15, 0.2) is 11.4 Å². The molecule has 5 heteroatoms. The summed E-state index contributed by atoms with van der Waals surface area (Å²) in [6.45, 7) is -0.638. The van der Waals surface area contributed by atoms with Crippen LogP contribution in [0.3, 0.4) is 0 Å². The molecule has 2 N–H and O–H groups in total. The first-order valence-corrected chi connectivity index (χ1v) is 4.61. The van der Waals surface area contributed by atoms with Gasteiger partial charge in [-0.3, -0.25) is 0 Å². The molecule has 1 heterocycles. The lowest BCUT2D eigenvalue weighted by atomic mass is 10.2. The van der Waals surface area contributed by atoms with Gasteiger partial charge in [-0.15, -0.1) is 11.3 Å². The van der Waals surface area contributed by atoms with E-state index in [1.807, 2.05) is 0 Å². The van der Waals surface area contributed by atoms with Crippen molar-refractivity contribution >= 4 is 22.9 Å². The van der Waals surface area contributed by atoms with Crippen molar-refractivity contribution in [2.24, 2.45) is 5.73 Å². The predicted octanol–water partition coefficient (Wildman–Crippen LogP) is 2.54. The highest BCUT2D eigenvalue weighted by Gasteiger charge is 2.28. The van der Waals surface area contributed by atoms with Crippen LogP contribution in [0.2, 0.25) is 5.02 Å². The highest BCUT2D eigenvalue weighted by Crippen LogP contribution is 2.28. The molecule has 0 aromatic carbocycles. The van der Waals surface area contributed by atoms with E-state index < -0.39 is 12.5 Å². The minimum absolute atomic E-state index is 0.361. The molecule has 0 fully saturated rings. The highest BCUT2D eigenvalue weighted by atomic mass is 35.5. The number of hydrogen-bond donors (Lipinski definition) is 1. The topological polar surface area (TPSA) is 26.0 Å². The zero-order chi connectivity index (χ0) is 9.19. The average Bonchev–Trinajstić information content (AvgIpc) is 2.36. The first kappa shape index (κ1) is 9.89. The Hall–Kier alpha value is -0.190. The molecule has 0 saturated carbocycles. The summed E-state index contributed by atoms with van der Waals surface area (Å²) in [5.41, 5.74) is 4.88. The number of rotatable bonds is 3. The van der Waals surface area contributed by atoms with E-state index in [-0.39, 0.29) is 6.42 Å². The van der Waals surface area contributed by atoms with Crippen molar-refractivity contribution in [1.29, 1.82) is 0 Å². The van der Waals surface area contributed by atoms with E-state index in [1.54, 1.807) is 11.4 Å². The molecule has 0 unspecified atom stereocenters. The molecule has 0 amide bonds. The number of alkyl halides is 2. The molecule has 0 saturated heterocycles. The summed E-state index contributed by atoms with van der Waals surface area (Å²) in [5, 5.41) is 2.08. The lowest BCUT2D eigenvalue weighted by Crippen LogP contribution is -2.29. The van der Waals surface area contributed by atoms with Crippen LogP contribution in [0.1, 0.15) is 4.88 Å². The van der Waals surface area contributed by atoms with Gasteiger partial charge in [0.25, 0.3) is 5.92 Å². The predicted molar refractivity (Wildman–Crippen MR) is 47.0 cm³/mol. The molecule has 12 heavy (non-hydrogen) atoms. The van der Waals surface area contributed by atoms with Gasteiger partial charge in [0.1, 0.15) is 0 Å². The van der Waals surface area contributed by atoms with Crippen LogP contribution in [0.25, 0.3) is 0 Å². The van der Waals surface area contributed by atoms with Crippen molar-refractivity contribution < 1.29 is 8.78 Å². The Kier molecular flexibility index (Phi) is 3.04. The van der Waals surface area contributed by atoms with E-state index in [9.17, 15) is 8.78 Å². The fourth-order valence-electron chi connectivity index (χ4n) is 0.758. The van der Waals surface area contributed by atoms with Gasteiger partial charge in [-0.2, -0.15) is 0 Å². The molecule has 1 rings (SSSR count). The summed E-state index contributed by atoms with van der Waals surface area (Å²) in [6.07, 6.45) is -0.361. The van der Waals surface area contributed by atoms with Gasteiger partial charge in [-0.05, 0) is 11.4 Å². The quantitative estimate of drug-likeness (QED) is 0.817. The van der Waals surface area contributed by atoms with Gasteiger partial charge in [-0.25, -0.2) is 8.78 Å². The summed E-state index contributed by atoms with van der Waals surface area (Å²) in [7, 11) is 0. The summed E-state index contributed by atoms with van der Waals surface area (Å²) in [4.78, 5) is 0.493. The van der Waals surface area contributed by atoms with E-state index in [2.05, 4.69) is 0 Å². The van der Waals surface area contributed by atoms with Crippen molar-refractivity contribution in [3.05, 3.63) is 21.3 Å². The largest absolute Gasteiger partial charge is 0.325 e. The molecular formula is C7H8ClF2NS. The van der Waals surface area contributed by atoms with Gasteiger partial charge >= 0.3 is 0 Å². The maximum Gasteiger partial charge on any atom is 0.264 e. The molecule has 0 aliphatic rings. The Bertz CT molecular complexity index is 262. The van der Waals surface area contributed by atoms with Crippen LogP contribution in [0.4, 0.5) is 8.78 Å². The van der Waals surface area contributed by atoms with E-state index >= 15 is 0 Å². The zero-order valence-electron chi connectivity index (χ0n) is 6.19. The third kappa shape index (κ3) is 2.40. The molecule has 0 atom stereocenters. The highest BCUT2D eigenvalue weighted by molar-refractivity contribution is 7.10. The second-order valence-corrected chi connectivity index (χ2v) is 3.84. The molecule has 0 bridgehead atoms. The fraction of sp³-hybridized carbons (Fsp3) is 0.429. The summed E-state index contributed by atoms with van der Waals surface area (Å²) < 4.78 is 25.4. The van der Waals surface area contributed by atoms with E-state index in [0.717, 1.165) is 0 Å². The molecule has 68 valence electrons. The van der Waals surface area contributed by atoms with Crippen LogP contribution < -0.4 is 5.73 Å². The first-order chi connectivity index (χ1) is 5.55.